The smallest absolute Gasteiger partial charge is 0.278 e. The second kappa shape index (κ2) is 8.47. The molecule has 0 spiro atoms. The van der Waals surface area contributed by atoms with Crippen molar-refractivity contribution in [3.8, 4) is 17.2 Å². The van der Waals surface area contributed by atoms with E-state index < -0.39 is 10.8 Å². The number of hydrogen-bond donors (Lipinski definition) is 1. The van der Waals surface area contributed by atoms with Crippen molar-refractivity contribution in [2.75, 3.05) is 21.3 Å². The molecule has 136 valence electrons. The van der Waals surface area contributed by atoms with E-state index in [1.54, 1.807) is 12.1 Å². The number of carbonyl (C=O) groups is 1. The molecule has 0 fully saturated rings. The van der Waals surface area contributed by atoms with Crippen LogP contribution in [-0.2, 0) is 0 Å². The molecule has 0 bridgehead atoms. The maximum absolute atomic E-state index is 12.3. The summed E-state index contributed by atoms with van der Waals surface area (Å²) in [6.45, 7) is 0. The Labute approximate surface area is 149 Å². The van der Waals surface area contributed by atoms with Crippen LogP contribution >= 0.6 is 0 Å². The third-order valence-corrected chi connectivity index (χ3v) is 3.43. The minimum absolute atomic E-state index is 0.113. The molecule has 0 aliphatic carbocycles. The molecule has 0 saturated heterocycles. The van der Waals surface area contributed by atoms with Crippen LogP contribution in [0.4, 0.5) is 5.69 Å². The standard InChI is InChI=1S/C17H17N3O6/c1-24-14-8-12(9-15(25-2)16(14)26-3)17(21)19-18-10-11-6-4-5-7-13(11)20(22)23/h4-10H,1-3H3,(H,19,21). The summed E-state index contributed by atoms with van der Waals surface area (Å²) in [5.74, 6) is 0.452. The van der Waals surface area contributed by atoms with Crippen LogP contribution in [-0.4, -0.2) is 38.4 Å². The lowest BCUT2D eigenvalue weighted by atomic mass is 10.1. The Bertz CT molecular complexity index is 825. The molecule has 26 heavy (non-hydrogen) atoms. The van der Waals surface area contributed by atoms with Crippen LogP contribution in [0, 0.1) is 10.1 Å². The first-order chi connectivity index (χ1) is 12.5. The van der Waals surface area contributed by atoms with Gasteiger partial charge in [-0.15, -0.1) is 0 Å². The number of nitrogens with zero attached hydrogens (tertiary/aromatic N) is 2. The van der Waals surface area contributed by atoms with E-state index in [9.17, 15) is 14.9 Å². The fraction of sp³-hybridized carbons (Fsp3) is 0.176. The zero-order chi connectivity index (χ0) is 19.1. The van der Waals surface area contributed by atoms with Gasteiger partial charge in [0.05, 0.1) is 38.0 Å². The van der Waals surface area contributed by atoms with E-state index >= 15 is 0 Å². The van der Waals surface area contributed by atoms with E-state index in [1.165, 1.54) is 51.8 Å². The Balaban J connectivity index is 2.22. The molecule has 2 aromatic carbocycles. The van der Waals surface area contributed by atoms with Gasteiger partial charge in [0.1, 0.15) is 0 Å². The second-order valence-corrected chi connectivity index (χ2v) is 4.93. The van der Waals surface area contributed by atoms with Crippen molar-refractivity contribution in [1.29, 1.82) is 0 Å². The number of carbonyl (C=O) groups excluding carboxylic acids is 1. The molecule has 0 aliphatic heterocycles. The van der Waals surface area contributed by atoms with Crippen molar-refractivity contribution in [2.24, 2.45) is 5.10 Å². The predicted octanol–water partition coefficient (Wildman–Crippen LogP) is 2.38. The summed E-state index contributed by atoms with van der Waals surface area (Å²) in [5.41, 5.74) is 2.68. The van der Waals surface area contributed by atoms with Crippen molar-refractivity contribution in [2.45, 2.75) is 0 Å². The molecular weight excluding hydrogens is 342 g/mol. The average molecular weight is 359 g/mol. The molecule has 1 amide bonds. The van der Waals surface area contributed by atoms with Crippen molar-refractivity contribution in [1.82, 2.24) is 5.43 Å². The summed E-state index contributed by atoms with van der Waals surface area (Å²) in [6.07, 6.45) is 1.20. The molecule has 0 unspecified atom stereocenters. The number of nitrogens with one attached hydrogen (secondary N) is 1. The maximum atomic E-state index is 12.3. The number of amides is 1. The highest BCUT2D eigenvalue weighted by Gasteiger charge is 2.17. The molecular formula is C17H17N3O6. The summed E-state index contributed by atoms with van der Waals surface area (Å²) in [6, 6.07) is 8.99. The van der Waals surface area contributed by atoms with E-state index in [-0.39, 0.29) is 16.8 Å². The number of methoxy groups -OCH3 is 3. The van der Waals surface area contributed by atoms with Crippen LogP contribution in [0.15, 0.2) is 41.5 Å². The van der Waals surface area contributed by atoms with Gasteiger partial charge in [-0.05, 0) is 18.2 Å². The molecule has 1 N–H and O–H groups in total. The van der Waals surface area contributed by atoms with Crippen LogP contribution in [0.5, 0.6) is 17.2 Å². The van der Waals surface area contributed by atoms with Crippen LogP contribution in [0.25, 0.3) is 0 Å². The van der Waals surface area contributed by atoms with Crippen LogP contribution in [0.1, 0.15) is 15.9 Å². The lowest BCUT2D eigenvalue weighted by Gasteiger charge is -2.13. The van der Waals surface area contributed by atoms with Crippen molar-refractivity contribution < 1.29 is 23.9 Å². The highest BCUT2D eigenvalue weighted by molar-refractivity contribution is 5.96. The largest absolute Gasteiger partial charge is 0.493 e. The van der Waals surface area contributed by atoms with Gasteiger partial charge < -0.3 is 14.2 Å². The van der Waals surface area contributed by atoms with Crippen LogP contribution in [0.3, 0.4) is 0 Å². The van der Waals surface area contributed by atoms with Gasteiger partial charge in [-0.2, -0.15) is 5.10 Å². The van der Waals surface area contributed by atoms with Crippen LogP contribution < -0.4 is 19.6 Å². The number of ether oxygens (including phenoxy) is 3. The van der Waals surface area contributed by atoms with Gasteiger partial charge in [0.2, 0.25) is 5.75 Å². The molecule has 0 atom stereocenters. The quantitative estimate of drug-likeness (QED) is 0.461. The molecule has 9 nitrogen and oxygen atoms in total. The SMILES string of the molecule is COc1cc(C(=O)NN=Cc2ccccc2[N+](=O)[O-])cc(OC)c1OC. The molecule has 9 heteroatoms. The first-order valence-corrected chi connectivity index (χ1v) is 7.38. The molecule has 0 saturated carbocycles. The summed E-state index contributed by atoms with van der Waals surface area (Å²) in [5, 5.41) is 14.7. The number of nitro benzene ring substituents is 1. The topological polar surface area (TPSA) is 112 Å². The van der Waals surface area contributed by atoms with E-state index in [0.29, 0.717) is 17.2 Å². The highest BCUT2D eigenvalue weighted by Crippen LogP contribution is 2.38. The average Bonchev–Trinajstić information content (AvgIpc) is 2.66. The van der Waals surface area contributed by atoms with Crippen molar-refractivity contribution in [3.63, 3.8) is 0 Å². The van der Waals surface area contributed by atoms with Gasteiger partial charge in [0.15, 0.2) is 11.5 Å². The Morgan fingerprint density at radius 3 is 2.27 bits per heavy atom. The Kier molecular flexibility index (Phi) is 6.10. The van der Waals surface area contributed by atoms with E-state index in [1.807, 2.05) is 0 Å². The fourth-order valence-electron chi connectivity index (χ4n) is 2.20. The summed E-state index contributed by atoms with van der Waals surface area (Å²) in [4.78, 5) is 22.7. The van der Waals surface area contributed by atoms with Gasteiger partial charge >= 0.3 is 0 Å². The normalized spacial score (nSPS) is 10.4. The number of para-hydroxylation sites is 1. The monoisotopic (exact) mass is 359 g/mol. The summed E-state index contributed by atoms with van der Waals surface area (Å²) in [7, 11) is 4.33. The molecule has 2 rings (SSSR count). The number of benzene rings is 2. The van der Waals surface area contributed by atoms with Crippen LogP contribution in [0.2, 0.25) is 0 Å². The molecule has 0 heterocycles. The second-order valence-electron chi connectivity index (χ2n) is 4.93. The van der Waals surface area contributed by atoms with Gasteiger partial charge in [-0.25, -0.2) is 5.43 Å². The van der Waals surface area contributed by atoms with E-state index in [4.69, 9.17) is 14.2 Å². The Morgan fingerprint density at radius 2 is 1.73 bits per heavy atom. The number of rotatable bonds is 7. The first kappa shape index (κ1) is 18.7. The number of hydrazone groups is 1. The molecule has 2 aromatic rings. The summed E-state index contributed by atoms with van der Waals surface area (Å²) < 4.78 is 15.6. The third-order valence-electron chi connectivity index (χ3n) is 3.43. The number of hydrogen-bond acceptors (Lipinski definition) is 7. The molecule has 0 aliphatic rings. The van der Waals surface area contributed by atoms with Crippen molar-refractivity contribution in [3.05, 3.63) is 57.6 Å². The lowest BCUT2D eigenvalue weighted by molar-refractivity contribution is -0.385. The molecule has 0 aromatic heterocycles. The zero-order valence-corrected chi connectivity index (χ0v) is 14.4. The minimum atomic E-state index is -0.543. The van der Waals surface area contributed by atoms with Gasteiger partial charge in [-0.3, -0.25) is 14.9 Å². The Morgan fingerprint density at radius 1 is 1.12 bits per heavy atom. The minimum Gasteiger partial charge on any atom is -0.493 e. The van der Waals surface area contributed by atoms with Gasteiger partial charge in [-0.1, -0.05) is 12.1 Å². The van der Waals surface area contributed by atoms with E-state index in [2.05, 4.69) is 10.5 Å². The maximum Gasteiger partial charge on any atom is 0.278 e. The van der Waals surface area contributed by atoms with Gasteiger partial charge in [0, 0.05) is 11.6 Å². The first-order valence-electron chi connectivity index (χ1n) is 7.38. The van der Waals surface area contributed by atoms with Crippen molar-refractivity contribution >= 4 is 17.8 Å². The zero-order valence-electron chi connectivity index (χ0n) is 14.4. The highest BCUT2D eigenvalue weighted by atomic mass is 16.6. The fourth-order valence-corrected chi connectivity index (χ4v) is 2.20. The third kappa shape index (κ3) is 4.07. The molecule has 0 radical (unpaired) electrons. The van der Waals surface area contributed by atoms with E-state index in [0.717, 1.165) is 0 Å². The Hall–Kier alpha value is -3.62. The van der Waals surface area contributed by atoms with Gasteiger partial charge in [0.25, 0.3) is 11.6 Å². The summed E-state index contributed by atoms with van der Waals surface area (Å²) >= 11 is 0. The predicted molar refractivity (Wildman–Crippen MR) is 94.3 cm³/mol. The number of nitro groups is 1. The lowest BCUT2D eigenvalue weighted by Crippen LogP contribution is -2.18.